The molecule has 0 fully saturated rings. The molecule has 0 rings (SSSR count). The monoisotopic (exact) mass is 193 g/mol. The van der Waals surface area contributed by atoms with Crippen molar-refractivity contribution in [1.82, 2.24) is 5.32 Å². The van der Waals surface area contributed by atoms with Crippen molar-refractivity contribution in [2.24, 2.45) is 0 Å². The quantitative estimate of drug-likeness (QED) is 0.639. The molecule has 0 bridgehead atoms. The van der Waals surface area contributed by atoms with Crippen molar-refractivity contribution in [3.63, 3.8) is 0 Å². The maximum atomic E-state index is 10.4. The average Bonchev–Trinajstić information content (AvgIpc) is 1.85. The van der Waals surface area contributed by atoms with Crippen LogP contribution in [0.25, 0.3) is 0 Å². The molecule has 0 aliphatic carbocycles. The zero-order chi connectivity index (χ0) is 9.78. The van der Waals surface area contributed by atoms with Crippen molar-refractivity contribution >= 4 is 16.5 Å². The third-order valence-electron chi connectivity index (χ3n) is 1.25. The molecule has 0 radical (unpaired) electrons. The smallest absolute Gasteiger partial charge is 0.220 e. The molecule has 0 spiro atoms. The van der Waals surface area contributed by atoms with E-state index < -0.39 is 10.6 Å². The molecule has 3 N–H and O–H groups in total. The first-order valence-corrected chi connectivity index (χ1v) is 5.24. The predicted octanol–water partition coefficient (Wildman–Crippen LogP) is 1.75. The van der Waals surface area contributed by atoms with Crippen LogP contribution in [0.5, 0.6) is 0 Å². The van der Waals surface area contributed by atoms with Crippen molar-refractivity contribution < 1.29 is 13.9 Å². The molecule has 0 unspecified atom stereocenters. The van der Waals surface area contributed by atoms with Gasteiger partial charge in [0.15, 0.2) is 0 Å². The van der Waals surface area contributed by atoms with Gasteiger partial charge >= 0.3 is 0 Å². The summed E-state index contributed by atoms with van der Waals surface area (Å²) in [5.74, 6) is -0.231. The zero-order valence-electron chi connectivity index (χ0n) is 7.44. The van der Waals surface area contributed by atoms with E-state index in [1.54, 1.807) is 13.8 Å². The Hall–Kier alpha value is -0.520. The summed E-state index contributed by atoms with van der Waals surface area (Å²) in [5, 5.41) is 3.33. The Morgan fingerprint density at radius 2 is 2.00 bits per heavy atom. The van der Waals surface area contributed by atoms with Crippen LogP contribution in [0.3, 0.4) is 0 Å². The molecule has 4 nitrogen and oxygen atoms in total. The summed E-state index contributed by atoms with van der Waals surface area (Å²) < 4.78 is 18.6. The number of carbonyl (C=O) groups is 1. The van der Waals surface area contributed by atoms with Crippen molar-refractivity contribution in [2.75, 3.05) is 0 Å². The average molecular weight is 193 g/mol. The molecule has 12 heavy (non-hydrogen) atoms. The van der Waals surface area contributed by atoms with Crippen LogP contribution in [0.15, 0.2) is 11.6 Å². The van der Waals surface area contributed by atoms with Gasteiger partial charge in [0.25, 0.3) is 0 Å². The van der Waals surface area contributed by atoms with Gasteiger partial charge in [0.05, 0.1) is 0 Å². The SMILES string of the molecule is CC(=O)N/C=C/S(O)(O)C(C)C. The Morgan fingerprint density at radius 3 is 2.33 bits per heavy atom. The summed E-state index contributed by atoms with van der Waals surface area (Å²) in [5.41, 5.74) is 0. The highest BCUT2D eigenvalue weighted by Gasteiger charge is 2.12. The number of hydrogen-bond donors (Lipinski definition) is 3. The number of hydrogen-bond acceptors (Lipinski definition) is 3. The van der Waals surface area contributed by atoms with Gasteiger partial charge in [0.1, 0.15) is 0 Å². The van der Waals surface area contributed by atoms with Gasteiger partial charge in [-0.3, -0.25) is 13.9 Å². The van der Waals surface area contributed by atoms with E-state index in [0.29, 0.717) is 0 Å². The highest BCUT2D eigenvalue weighted by atomic mass is 32.3. The molecule has 1 amide bonds. The fourth-order valence-electron chi connectivity index (χ4n) is 0.409. The molecule has 0 aromatic heterocycles. The lowest BCUT2D eigenvalue weighted by Gasteiger charge is -2.32. The van der Waals surface area contributed by atoms with Crippen molar-refractivity contribution in [3.05, 3.63) is 11.6 Å². The van der Waals surface area contributed by atoms with Crippen molar-refractivity contribution in [1.29, 1.82) is 0 Å². The predicted molar refractivity (Wildman–Crippen MR) is 50.9 cm³/mol. The topological polar surface area (TPSA) is 69.6 Å². The van der Waals surface area contributed by atoms with E-state index in [2.05, 4.69) is 5.32 Å². The maximum Gasteiger partial charge on any atom is 0.220 e. The van der Waals surface area contributed by atoms with Crippen molar-refractivity contribution in [3.8, 4) is 0 Å². The number of nitrogens with one attached hydrogen (secondary N) is 1. The molecule has 72 valence electrons. The summed E-state index contributed by atoms with van der Waals surface area (Å²) in [4.78, 5) is 10.4. The standard InChI is InChI=1S/C7H15NO3S/c1-6(2)12(10,11)5-4-8-7(3)9/h4-6,10-11H,1-3H3,(H,8,9)/b5-4+. The van der Waals surface area contributed by atoms with Crippen LogP contribution < -0.4 is 5.32 Å². The second kappa shape index (κ2) is 4.49. The molecule has 0 aliphatic rings. The summed E-state index contributed by atoms with van der Waals surface area (Å²) in [6, 6.07) is 0. The molecule has 0 aliphatic heterocycles. The lowest BCUT2D eigenvalue weighted by atomic mass is 10.6. The second-order valence-corrected chi connectivity index (χ2v) is 5.19. The summed E-state index contributed by atoms with van der Waals surface area (Å²) >= 11 is 0. The summed E-state index contributed by atoms with van der Waals surface area (Å²) in [6.07, 6.45) is 1.26. The van der Waals surface area contributed by atoms with Crippen LogP contribution in [-0.4, -0.2) is 20.3 Å². The molecule has 0 saturated carbocycles. The molecule has 0 aromatic carbocycles. The molecule has 0 atom stereocenters. The van der Waals surface area contributed by atoms with Crippen LogP contribution in [-0.2, 0) is 4.79 Å². The van der Waals surface area contributed by atoms with Gasteiger partial charge < -0.3 is 5.32 Å². The van der Waals surface area contributed by atoms with Gasteiger partial charge in [0.2, 0.25) is 5.91 Å². The van der Waals surface area contributed by atoms with Gasteiger partial charge in [-0.2, -0.15) is 10.6 Å². The number of carbonyl (C=O) groups excluding carboxylic acids is 1. The minimum atomic E-state index is -2.69. The number of amides is 1. The Kier molecular flexibility index (Phi) is 4.30. The van der Waals surface area contributed by atoms with E-state index in [0.717, 1.165) is 0 Å². The van der Waals surface area contributed by atoms with Crippen LogP contribution in [0.1, 0.15) is 20.8 Å². The van der Waals surface area contributed by atoms with Crippen LogP contribution in [0.2, 0.25) is 0 Å². The molecule has 0 heterocycles. The third-order valence-corrected chi connectivity index (χ3v) is 3.17. The highest BCUT2D eigenvalue weighted by molar-refractivity contribution is 8.27. The molecule has 5 heteroatoms. The van der Waals surface area contributed by atoms with E-state index in [-0.39, 0.29) is 11.2 Å². The van der Waals surface area contributed by atoms with Gasteiger partial charge in [-0.05, 0) is 13.8 Å². The lowest BCUT2D eigenvalue weighted by molar-refractivity contribution is -0.118. The second-order valence-electron chi connectivity index (χ2n) is 2.69. The summed E-state index contributed by atoms with van der Waals surface area (Å²) in [6.45, 7) is 4.76. The van der Waals surface area contributed by atoms with Crippen LogP contribution >= 0.6 is 10.6 Å². The minimum absolute atomic E-state index is 0.231. The molecular weight excluding hydrogens is 178 g/mol. The van der Waals surface area contributed by atoms with E-state index in [4.69, 9.17) is 0 Å². The normalized spacial score (nSPS) is 13.8. The van der Waals surface area contributed by atoms with E-state index in [1.165, 1.54) is 18.5 Å². The van der Waals surface area contributed by atoms with Crippen LogP contribution in [0.4, 0.5) is 0 Å². The largest absolute Gasteiger partial charge is 0.332 e. The third kappa shape index (κ3) is 4.38. The van der Waals surface area contributed by atoms with Crippen LogP contribution in [0, 0.1) is 0 Å². The number of rotatable bonds is 3. The van der Waals surface area contributed by atoms with Gasteiger partial charge in [0, 0.05) is 23.8 Å². The van der Waals surface area contributed by atoms with Gasteiger partial charge in [-0.1, -0.05) is 0 Å². The van der Waals surface area contributed by atoms with E-state index in [1.807, 2.05) is 0 Å². The first-order chi connectivity index (χ1) is 5.36. The first kappa shape index (κ1) is 11.5. The fraction of sp³-hybridized carbons (Fsp3) is 0.571. The van der Waals surface area contributed by atoms with Gasteiger partial charge in [-0.25, -0.2) is 0 Å². The van der Waals surface area contributed by atoms with E-state index in [9.17, 15) is 13.9 Å². The lowest BCUT2D eigenvalue weighted by Crippen LogP contribution is -2.13. The fourth-order valence-corrected chi connectivity index (χ4v) is 0.991. The first-order valence-electron chi connectivity index (χ1n) is 3.57. The molecule has 0 saturated heterocycles. The van der Waals surface area contributed by atoms with Crippen molar-refractivity contribution in [2.45, 2.75) is 26.0 Å². The Morgan fingerprint density at radius 1 is 1.50 bits per heavy atom. The highest BCUT2D eigenvalue weighted by Crippen LogP contribution is 2.44. The van der Waals surface area contributed by atoms with E-state index >= 15 is 0 Å². The van der Waals surface area contributed by atoms with Gasteiger partial charge in [-0.15, -0.1) is 0 Å². The Bertz CT molecular complexity index is 189. The molecular formula is C7H15NO3S. The zero-order valence-corrected chi connectivity index (χ0v) is 8.26. The maximum absolute atomic E-state index is 10.4. The molecule has 0 aromatic rings. The summed E-state index contributed by atoms with van der Waals surface area (Å²) in [7, 11) is -2.69. The Balaban J connectivity index is 4.05. The minimum Gasteiger partial charge on any atom is -0.332 e. The Labute approximate surface area is 74.0 Å².